The van der Waals surface area contributed by atoms with Crippen LogP contribution in [0.4, 0.5) is 4.39 Å². The third-order valence-electron chi connectivity index (χ3n) is 7.10. The molecule has 0 saturated heterocycles. The van der Waals surface area contributed by atoms with E-state index in [4.69, 9.17) is 9.51 Å². The van der Waals surface area contributed by atoms with Gasteiger partial charge in [0.25, 0.3) is 0 Å². The Morgan fingerprint density at radius 3 is 2.59 bits per heavy atom. The monoisotopic (exact) mass is 459 g/mol. The zero-order valence-corrected chi connectivity index (χ0v) is 20.0. The first-order valence-electron chi connectivity index (χ1n) is 11.9. The number of aryl methyl sites for hydroxylation is 3. The molecular formula is C28H30FN3O2. The molecule has 5 nitrogen and oxygen atoms in total. The van der Waals surface area contributed by atoms with E-state index in [9.17, 15) is 5.11 Å². The Morgan fingerprint density at radius 2 is 1.91 bits per heavy atom. The molecule has 6 heteroatoms. The number of nitrogens with zero attached hydrogens (tertiary/aromatic N) is 3. The molecule has 34 heavy (non-hydrogen) atoms. The van der Waals surface area contributed by atoms with Gasteiger partial charge in [-0.25, -0.2) is 4.39 Å². The molecule has 0 aliphatic heterocycles. The van der Waals surface area contributed by atoms with E-state index in [1.807, 2.05) is 55.9 Å². The van der Waals surface area contributed by atoms with E-state index in [-0.39, 0.29) is 5.76 Å². The number of rotatable bonds is 5. The zero-order chi connectivity index (χ0) is 24.0. The molecule has 176 valence electrons. The third-order valence-corrected chi connectivity index (χ3v) is 7.10. The van der Waals surface area contributed by atoms with E-state index in [1.54, 1.807) is 0 Å². The van der Waals surface area contributed by atoms with Gasteiger partial charge in [-0.3, -0.25) is 4.98 Å². The quantitative estimate of drug-likeness (QED) is 0.314. The van der Waals surface area contributed by atoms with Crippen LogP contribution in [0.25, 0.3) is 39.0 Å². The molecular weight excluding hydrogens is 429 g/mol. The maximum atomic E-state index is 15.8. The van der Waals surface area contributed by atoms with Crippen molar-refractivity contribution >= 4 is 16.8 Å². The smallest absolute Gasteiger partial charge is 0.141 e. The molecule has 0 radical (unpaired) electrons. The summed E-state index contributed by atoms with van der Waals surface area (Å²) in [5.41, 5.74) is 6.53. The van der Waals surface area contributed by atoms with Gasteiger partial charge in [0.2, 0.25) is 0 Å². The van der Waals surface area contributed by atoms with Gasteiger partial charge in [0.15, 0.2) is 0 Å². The lowest BCUT2D eigenvalue weighted by Crippen LogP contribution is -2.31. The average molecular weight is 460 g/mol. The number of hydrogen-bond donors (Lipinski definition) is 1. The molecule has 0 spiro atoms. The van der Waals surface area contributed by atoms with Crippen LogP contribution in [0.1, 0.15) is 54.7 Å². The van der Waals surface area contributed by atoms with Crippen molar-refractivity contribution in [1.29, 1.82) is 0 Å². The van der Waals surface area contributed by atoms with Crippen molar-refractivity contribution in [2.45, 2.75) is 65.1 Å². The van der Waals surface area contributed by atoms with Gasteiger partial charge in [0.05, 0.1) is 23.3 Å². The second kappa shape index (κ2) is 8.42. The van der Waals surface area contributed by atoms with Gasteiger partial charge in [0, 0.05) is 34.6 Å². The number of aliphatic hydroxyl groups is 1. The maximum Gasteiger partial charge on any atom is 0.141 e. The van der Waals surface area contributed by atoms with Crippen LogP contribution >= 0.6 is 0 Å². The zero-order valence-electron chi connectivity index (χ0n) is 20.0. The maximum absolute atomic E-state index is 15.8. The number of hydrogen-bond acceptors (Lipinski definition) is 4. The topological polar surface area (TPSA) is 64.1 Å². The van der Waals surface area contributed by atoms with Crippen molar-refractivity contribution in [3.63, 3.8) is 0 Å². The predicted octanol–water partition coefficient (Wildman–Crippen LogP) is 7.48. The number of fused-ring (bicyclic) bond motifs is 1. The summed E-state index contributed by atoms with van der Waals surface area (Å²) >= 11 is 0. The summed E-state index contributed by atoms with van der Waals surface area (Å²) in [4.78, 5) is 4.83. The molecule has 1 N–H and O–H groups in total. The standard InChI is InChI=1S/C28H30FN3O2/c1-17-8-9-21(12-23(17)19(3)33)24-15-32(16-28(29)10-6-5-7-11-28)25-13-22(14-30-27(24)25)26-18(2)31-34-20(26)4/h8-9,12-15,33H,3,5-7,10-11,16H2,1-2,4H3. The van der Waals surface area contributed by atoms with Crippen LogP contribution in [0.2, 0.25) is 0 Å². The van der Waals surface area contributed by atoms with Crippen molar-refractivity contribution in [2.75, 3.05) is 0 Å². The summed E-state index contributed by atoms with van der Waals surface area (Å²) < 4.78 is 23.2. The fourth-order valence-corrected chi connectivity index (χ4v) is 5.29. The molecule has 4 aromatic rings. The van der Waals surface area contributed by atoms with Gasteiger partial charge in [-0.05, 0) is 56.9 Å². The molecule has 1 aromatic carbocycles. The molecule has 0 atom stereocenters. The molecule has 3 heterocycles. The Balaban J connectivity index is 1.69. The van der Waals surface area contributed by atoms with Crippen molar-refractivity contribution < 1.29 is 14.0 Å². The second-order valence-electron chi connectivity index (χ2n) is 9.65. The minimum absolute atomic E-state index is 0.0293. The van der Waals surface area contributed by atoms with E-state index in [1.165, 1.54) is 0 Å². The van der Waals surface area contributed by atoms with Crippen molar-refractivity contribution in [2.24, 2.45) is 0 Å². The van der Waals surface area contributed by atoms with Crippen LogP contribution in [-0.2, 0) is 6.54 Å². The van der Waals surface area contributed by atoms with Gasteiger partial charge in [-0.15, -0.1) is 0 Å². The lowest BCUT2D eigenvalue weighted by atomic mass is 9.86. The molecule has 0 unspecified atom stereocenters. The van der Waals surface area contributed by atoms with E-state index in [0.29, 0.717) is 24.9 Å². The van der Waals surface area contributed by atoms with E-state index >= 15 is 4.39 Å². The Bertz CT molecular complexity index is 1370. The normalized spacial score (nSPS) is 15.6. The summed E-state index contributed by atoms with van der Waals surface area (Å²) in [7, 11) is 0. The Hall–Kier alpha value is -3.41. The SMILES string of the molecule is C=C(O)c1cc(-c2cn(CC3(F)CCCCC3)c3cc(-c4c(C)noc4C)cnc23)ccc1C. The highest BCUT2D eigenvalue weighted by molar-refractivity contribution is 5.95. The number of benzene rings is 1. The average Bonchev–Trinajstić information content (AvgIpc) is 3.33. The van der Waals surface area contributed by atoms with Crippen molar-refractivity contribution in [3.8, 4) is 22.3 Å². The lowest BCUT2D eigenvalue weighted by Gasteiger charge is -2.30. The first kappa shape index (κ1) is 22.4. The fourth-order valence-electron chi connectivity index (χ4n) is 5.29. The molecule has 5 rings (SSSR count). The van der Waals surface area contributed by atoms with Gasteiger partial charge in [-0.1, -0.05) is 43.1 Å². The minimum atomic E-state index is -1.22. The number of pyridine rings is 1. The van der Waals surface area contributed by atoms with Crippen LogP contribution < -0.4 is 0 Å². The molecule has 1 saturated carbocycles. The van der Waals surface area contributed by atoms with Crippen LogP contribution in [0.15, 0.2) is 47.8 Å². The van der Waals surface area contributed by atoms with Gasteiger partial charge in [0.1, 0.15) is 17.2 Å². The number of halogens is 1. The largest absolute Gasteiger partial charge is 0.508 e. The molecule has 0 amide bonds. The van der Waals surface area contributed by atoms with E-state index in [2.05, 4.69) is 17.8 Å². The van der Waals surface area contributed by atoms with Gasteiger partial charge >= 0.3 is 0 Å². The highest BCUT2D eigenvalue weighted by Gasteiger charge is 2.33. The molecule has 1 fully saturated rings. The van der Waals surface area contributed by atoms with Crippen LogP contribution in [0.5, 0.6) is 0 Å². The summed E-state index contributed by atoms with van der Waals surface area (Å²) in [6.45, 7) is 9.73. The molecule has 1 aliphatic carbocycles. The highest BCUT2D eigenvalue weighted by atomic mass is 19.1. The van der Waals surface area contributed by atoms with E-state index < -0.39 is 5.67 Å². The summed E-state index contributed by atoms with van der Waals surface area (Å²) in [6.07, 6.45) is 7.93. The molecule has 0 bridgehead atoms. The summed E-state index contributed by atoms with van der Waals surface area (Å²) in [5, 5.41) is 14.1. The molecule has 3 aromatic heterocycles. The minimum Gasteiger partial charge on any atom is -0.508 e. The van der Waals surface area contributed by atoms with E-state index in [0.717, 1.165) is 69.6 Å². The van der Waals surface area contributed by atoms with Crippen molar-refractivity contribution in [1.82, 2.24) is 14.7 Å². The number of aliphatic hydroxyl groups excluding tert-OH is 1. The highest BCUT2D eigenvalue weighted by Crippen LogP contribution is 2.38. The number of alkyl halides is 1. The fraction of sp³-hybridized carbons (Fsp3) is 0.357. The first-order chi connectivity index (χ1) is 16.3. The Kier molecular flexibility index (Phi) is 5.54. The predicted molar refractivity (Wildman–Crippen MR) is 133 cm³/mol. The van der Waals surface area contributed by atoms with Crippen LogP contribution in [-0.4, -0.2) is 25.5 Å². The summed E-state index contributed by atoms with van der Waals surface area (Å²) in [5.74, 6) is 0.762. The van der Waals surface area contributed by atoms with Gasteiger partial charge in [-0.2, -0.15) is 0 Å². The second-order valence-corrected chi connectivity index (χ2v) is 9.65. The Labute approximate surface area is 198 Å². The summed E-state index contributed by atoms with van der Waals surface area (Å²) in [6, 6.07) is 7.96. The number of aromatic nitrogens is 3. The Morgan fingerprint density at radius 1 is 1.15 bits per heavy atom. The van der Waals surface area contributed by atoms with Crippen LogP contribution in [0, 0.1) is 20.8 Å². The first-order valence-corrected chi connectivity index (χ1v) is 11.9. The van der Waals surface area contributed by atoms with Gasteiger partial charge < -0.3 is 14.2 Å². The molecule has 1 aliphatic rings. The van der Waals surface area contributed by atoms with Crippen LogP contribution in [0.3, 0.4) is 0 Å². The lowest BCUT2D eigenvalue weighted by molar-refractivity contribution is 0.0873. The van der Waals surface area contributed by atoms with Crippen molar-refractivity contribution in [3.05, 3.63) is 65.8 Å². The third kappa shape index (κ3) is 3.91.